The summed E-state index contributed by atoms with van der Waals surface area (Å²) in [7, 11) is 1.57. The van der Waals surface area contributed by atoms with Crippen LogP contribution >= 0.6 is 11.8 Å². The number of hydrogen-bond donors (Lipinski definition) is 0. The van der Waals surface area contributed by atoms with Crippen LogP contribution in [0.3, 0.4) is 0 Å². The van der Waals surface area contributed by atoms with Gasteiger partial charge < -0.3 is 9.47 Å². The van der Waals surface area contributed by atoms with Crippen LogP contribution in [0.2, 0.25) is 0 Å². The van der Waals surface area contributed by atoms with Crippen molar-refractivity contribution in [1.82, 2.24) is 0 Å². The normalized spacial score (nSPS) is 10.1. The zero-order chi connectivity index (χ0) is 14.4. The van der Waals surface area contributed by atoms with Crippen molar-refractivity contribution in [1.29, 1.82) is 0 Å². The van der Waals surface area contributed by atoms with Gasteiger partial charge in [0.15, 0.2) is 23.9 Å². The van der Waals surface area contributed by atoms with Crippen LogP contribution in [0.5, 0.6) is 11.5 Å². The molecule has 0 N–H and O–H groups in total. The lowest BCUT2D eigenvalue weighted by molar-refractivity contribution is 0.0919. The minimum Gasteiger partial charge on any atom is -0.493 e. The maximum absolute atomic E-state index is 12.0. The monoisotopic (exact) mass is 288 g/mol. The van der Waals surface area contributed by atoms with Crippen molar-refractivity contribution in [2.24, 2.45) is 0 Å². The lowest BCUT2D eigenvalue weighted by Crippen LogP contribution is -2.11. The van der Waals surface area contributed by atoms with Crippen molar-refractivity contribution < 1.29 is 14.3 Å². The number of ketones is 1. The van der Waals surface area contributed by atoms with Crippen molar-refractivity contribution in [3.63, 3.8) is 0 Å². The number of carbonyl (C=O) groups excluding carboxylic acids is 1. The maximum atomic E-state index is 12.0. The summed E-state index contributed by atoms with van der Waals surface area (Å²) in [6, 6.07) is 14.8. The van der Waals surface area contributed by atoms with Crippen LogP contribution in [-0.4, -0.2) is 25.8 Å². The van der Waals surface area contributed by atoms with Gasteiger partial charge in [0.05, 0.1) is 7.11 Å². The summed E-state index contributed by atoms with van der Waals surface area (Å²) in [4.78, 5) is 13.2. The molecular formula is C16H16O3S. The second-order valence-corrected chi connectivity index (χ2v) is 4.97. The standard InChI is InChI=1S/C16H16O3S/c1-18-15-5-3-4-6-16(15)19-11-14(17)12-7-9-13(20-2)10-8-12/h3-10H,11H2,1-2H3. The fraction of sp³-hybridized carbons (Fsp3) is 0.188. The Morgan fingerprint density at radius 2 is 1.70 bits per heavy atom. The fourth-order valence-corrected chi connectivity index (χ4v) is 2.15. The highest BCUT2D eigenvalue weighted by atomic mass is 32.2. The lowest BCUT2D eigenvalue weighted by Gasteiger charge is -2.09. The maximum Gasteiger partial charge on any atom is 0.200 e. The Bertz CT molecular complexity index is 579. The molecule has 104 valence electrons. The molecule has 0 radical (unpaired) electrons. The van der Waals surface area contributed by atoms with Crippen LogP contribution in [0.25, 0.3) is 0 Å². The topological polar surface area (TPSA) is 35.5 Å². The average molecular weight is 288 g/mol. The van der Waals surface area contributed by atoms with Crippen LogP contribution < -0.4 is 9.47 Å². The van der Waals surface area contributed by atoms with Crippen molar-refractivity contribution in [3.05, 3.63) is 54.1 Å². The van der Waals surface area contributed by atoms with Crippen LogP contribution in [0, 0.1) is 0 Å². The zero-order valence-electron chi connectivity index (χ0n) is 11.5. The van der Waals surface area contributed by atoms with Crippen LogP contribution in [0.4, 0.5) is 0 Å². The molecule has 0 fully saturated rings. The molecule has 0 saturated carbocycles. The molecule has 4 heteroatoms. The summed E-state index contributed by atoms with van der Waals surface area (Å²) in [5.74, 6) is 1.14. The second-order valence-electron chi connectivity index (χ2n) is 4.09. The van der Waals surface area contributed by atoms with E-state index in [0.29, 0.717) is 17.1 Å². The summed E-state index contributed by atoms with van der Waals surface area (Å²) in [5, 5.41) is 0. The van der Waals surface area contributed by atoms with Gasteiger partial charge in [-0.05, 0) is 30.5 Å². The van der Waals surface area contributed by atoms with Crippen molar-refractivity contribution in [2.75, 3.05) is 20.0 Å². The average Bonchev–Trinajstić information content (AvgIpc) is 2.53. The molecule has 0 aromatic heterocycles. The Kier molecular flexibility index (Phi) is 5.07. The van der Waals surface area contributed by atoms with Gasteiger partial charge in [-0.15, -0.1) is 11.8 Å². The quantitative estimate of drug-likeness (QED) is 0.600. The highest BCUT2D eigenvalue weighted by Gasteiger charge is 2.09. The zero-order valence-corrected chi connectivity index (χ0v) is 12.3. The largest absolute Gasteiger partial charge is 0.493 e. The SMILES string of the molecule is COc1ccccc1OCC(=O)c1ccc(SC)cc1. The predicted molar refractivity (Wildman–Crippen MR) is 81.0 cm³/mol. The van der Waals surface area contributed by atoms with E-state index in [1.807, 2.05) is 42.7 Å². The van der Waals surface area contributed by atoms with E-state index in [0.717, 1.165) is 4.90 Å². The van der Waals surface area contributed by atoms with E-state index in [4.69, 9.17) is 9.47 Å². The molecule has 0 atom stereocenters. The van der Waals surface area contributed by atoms with Gasteiger partial charge in [-0.3, -0.25) is 4.79 Å². The van der Waals surface area contributed by atoms with Gasteiger partial charge in [-0.1, -0.05) is 24.3 Å². The number of hydrogen-bond acceptors (Lipinski definition) is 4. The number of para-hydroxylation sites is 2. The molecule has 0 aliphatic carbocycles. The number of benzene rings is 2. The first-order valence-electron chi connectivity index (χ1n) is 6.17. The number of Topliss-reactive ketones (excluding diaryl/α,β-unsaturated/α-hetero) is 1. The molecule has 0 saturated heterocycles. The highest BCUT2D eigenvalue weighted by molar-refractivity contribution is 7.98. The molecule has 0 heterocycles. The molecule has 0 aliphatic rings. The second kappa shape index (κ2) is 7.01. The lowest BCUT2D eigenvalue weighted by atomic mass is 10.1. The Labute approximate surface area is 122 Å². The van der Waals surface area contributed by atoms with Crippen molar-refractivity contribution in [2.45, 2.75) is 4.90 Å². The first-order valence-corrected chi connectivity index (χ1v) is 7.40. The Balaban J connectivity index is 2.01. The third-order valence-electron chi connectivity index (χ3n) is 2.84. The first-order chi connectivity index (χ1) is 9.74. The van der Waals surface area contributed by atoms with Gasteiger partial charge in [0.25, 0.3) is 0 Å². The molecule has 0 bridgehead atoms. The van der Waals surface area contributed by atoms with Crippen molar-refractivity contribution >= 4 is 17.5 Å². The van der Waals surface area contributed by atoms with E-state index in [2.05, 4.69) is 0 Å². The number of carbonyl (C=O) groups is 1. The minimum atomic E-state index is -0.0523. The third-order valence-corrected chi connectivity index (χ3v) is 3.58. The van der Waals surface area contributed by atoms with Crippen LogP contribution in [-0.2, 0) is 0 Å². The molecule has 0 spiro atoms. The summed E-state index contributed by atoms with van der Waals surface area (Å²) < 4.78 is 10.7. The Hall–Kier alpha value is -1.94. The Morgan fingerprint density at radius 1 is 1.05 bits per heavy atom. The number of ether oxygens (including phenoxy) is 2. The molecule has 3 nitrogen and oxygen atoms in total. The Morgan fingerprint density at radius 3 is 2.30 bits per heavy atom. The van der Waals surface area contributed by atoms with E-state index in [1.165, 1.54) is 0 Å². The van der Waals surface area contributed by atoms with Crippen LogP contribution in [0.1, 0.15) is 10.4 Å². The first kappa shape index (κ1) is 14.5. The summed E-state index contributed by atoms with van der Waals surface area (Å²) in [6.45, 7) is -0.00100. The molecule has 2 rings (SSSR count). The van der Waals surface area contributed by atoms with E-state index in [-0.39, 0.29) is 12.4 Å². The molecule has 20 heavy (non-hydrogen) atoms. The summed E-state index contributed by atoms with van der Waals surface area (Å²) in [6.07, 6.45) is 2.00. The molecule has 0 aliphatic heterocycles. The van der Waals surface area contributed by atoms with E-state index in [9.17, 15) is 4.79 Å². The summed E-state index contributed by atoms with van der Waals surface area (Å²) in [5.41, 5.74) is 0.651. The molecule has 2 aromatic carbocycles. The van der Waals surface area contributed by atoms with E-state index in [1.54, 1.807) is 31.0 Å². The smallest absolute Gasteiger partial charge is 0.200 e. The van der Waals surface area contributed by atoms with E-state index < -0.39 is 0 Å². The number of thioether (sulfide) groups is 1. The molecular weight excluding hydrogens is 272 g/mol. The number of rotatable bonds is 6. The summed E-state index contributed by atoms with van der Waals surface area (Å²) >= 11 is 1.65. The molecule has 2 aromatic rings. The molecule has 0 amide bonds. The third kappa shape index (κ3) is 3.54. The predicted octanol–water partition coefficient (Wildman–Crippen LogP) is 3.68. The van der Waals surface area contributed by atoms with Gasteiger partial charge in [-0.2, -0.15) is 0 Å². The highest BCUT2D eigenvalue weighted by Crippen LogP contribution is 2.25. The minimum absolute atomic E-state index is 0.00100. The van der Waals surface area contributed by atoms with Crippen LogP contribution in [0.15, 0.2) is 53.4 Å². The van der Waals surface area contributed by atoms with Gasteiger partial charge in [0.1, 0.15) is 0 Å². The van der Waals surface area contributed by atoms with Gasteiger partial charge in [0, 0.05) is 10.5 Å². The van der Waals surface area contributed by atoms with Crippen molar-refractivity contribution in [3.8, 4) is 11.5 Å². The molecule has 0 unspecified atom stereocenters. The van der Waals surface area contributed by atoms with E-state index >= 15 is 0 Å². The van der Waals surface area contributed by atoms with Gasteiger partial charge in [-0.25, -0.2) is 0 Å². The van der Waals surface area contributed by atoms with Gasteiger partial charge >= 0.3 is 0 Å². The van der Waals surface area contributed by atoms with Gasteiger partial charge in [0.2, 0.25) is 0 Å². The fourth-order valence-electron chi connectivity index (χ4n) is 1.74. The number of methoxy groups -OCH3 is 1.